The molecule has 0 spiro atoms. The number of likely N-dealkylation sites (N-methyl/N-ethyl adjacent to an activating group) is 1. The zero-order valence-electron chi connectivity index (χ0n) is 15.8. The Morgan fingerprint density at radius 1 is 1.12 bits per heavy atom. The lowest BCUT2D eigenvalue weighted by Gasteiger charge is -2.22. The second kappa shape index (κ2) is 10.0. The van der Waals surface area contributed by atoms with Crippen molar-refractivity contribution in [3.63, 3.8) is 0 Å². The van der Waals surface area contributed by atoms with Gasteiger partial charge >= 0.3 is 0 Å². The van der Waals surface area contributed by atoms with Gasteiger partial charge in [-0.2, -0.15) is 0 Å². The first-order chi connectivity index (χ1) is 12.5. The Bertz CT molecular complexity index is 621. The van der Waals surface area contributed by atoms with Crippen LogP contribution < -0.4 is 20.1 Å². The zero-order valence-corrected chi connectivity index (χ0v) is 15.8. The minimum absolute atomic E-state index is 0.0556. The van der Waals surface area contributed by atoms with Crippen molar-refractivity contribution in [2.24, 2.45) is 0 Å². The first kappa shape index (κ1) is 20.0. The molecule has 1 unspecified atom stereocenters. The van der Waals surface area contributed by atoms with Crippen molar-refractivity contribution in [1.29, 1.82) is 0 Å². The summed E-state index contributed by atoms with van der Waals surface area (Å²) in [6.07, 6.45) is 1.97. The third kappa shape index (κ3) is 6.22. The molecule has 2 N–H and O–H groups in total. The number of benzene rings is 1. The summed E-state index contributed by atoms with van der Waals surface area (Å²) in [4.78, 5) is 26.2. The van der Waals surface area contributed by atoms with E-state index in [1.807, 2.05) is 13.8 Å². The number of carbonyl (C=O) groups excluding carboxylic acids is 2. The molecule has 1 heterocycles. The van der Waals surface area contributed by atoms with Crippen molar-refractivity contribution >= 4 is 17.5 Å². The van der Waals surface area contributed by atoms with Crippen molar-refractivity contribution in [1.82, 2.24) is 10.2 Å². The van der Waals surface area contributed by atoms with E-state index in [0.29, 0.717) is 36.9 Å². The SMILES string of the molecule is CCCC(C)NC(=O)CN(CC)CC(=O)Nc1ccc2c(c1)OCCO2. The van der Waals surface area contributed by atoms with E-state index in [9.17, 15) is 9.59 Å². The lowest BCUT2D eigenvalue weighted by molar-refractivity contribution is -0.123. The molecule has 0 fully saturated rings. The largest absolute Gasteiger partial charge is 0.486 e. The van der Waals surface area contributed by atoms with Gasteiger partial charge < -0.3 is 20.1 Å². The highest BCUT2D eigenvalue weighted by molar-refractivity contribution is 5.93. The van der Waals surface area contributed by atoms with Gasteiger partial charge in [-0.05, 0) is 32.0 Å². The Morgan fingerprint density at radius 3 is 2.50 bits per heavy atom. The van der Waals surface area contributed by atoms with Crippen LogP contribution in [0.4, 0.5) is 5.69 Å². The number of nitrogens with zero attached hydrogens (tertiary/aromatic N) is 1. The molecule has 0 saturated heterocycles. The van der Waals surface area contributed by atoms with Crippen LogP contribution in [0.25, 0.3) is 0 Å². The number of rotatable bonds is 9. The van der Waals surface area contributed by atoms with Gasteiger partial charge in [0.05, 0.1) is 13.1 Å². The minimum Gasteiger partial charge on any atom is -0.486 e. The number of anilines is 1. The van der Waals surface area contributed by atoms with Crippen LogP contribution in [-0.2, 0) is 9.59 Å². The smallest absolute Gasteiger partial charge is 0.238 e. The molecular weight excluding hydrogens is 334 g/mol. The lowest BCUT2D eigenvalue weighted by atomic mass is 10.2. The van der Waals surface area contributed by atoms with Crippen molar-refractivity contribution in [3.05, 3.63) is 18.2 Å². The fourth-order valence-corrected chi connectivity index (χ4v) is 2.83. The summed E-state index contributed by atoms with van der Waals surface area (Å²) in [6.45, 7) is 8.02. The van der Waals surface area contributed by atoms with E-state index in [-0.39, 0.29) is 30.9 Å². The summed E-state index contributed by atoms with van der Waals surface area (Å²) in [6, 6.07) is 5.46. The molecule has 0 aromatic heterocycles. The van der Waals surface area contributed by atoms with Crippen molar-refractivity contribution in [3.8, 4) is 11.5 Å². The zero-order chi connectivity index (χ0) is 18.9. The van der Waals surface area contributed by atoms with Gasteiger partial charge in [0.15, 0.2) is 11.5 Å². The molecular formula is C19H29N3O4. The van der Waals surface area contributed by atoms with E-state index < -0.39 is 0 Å². The van der Waals surface area contributed by atoms with Crippen LogP contribution in [-0.4, -0.2) is 55.6 Å². The van der Waals surface area contributed by atoms with Crippen LogP contribution in [0.15, 0.2) is 18.2 Å². The number of carbonyl (C=O) groups is 2. The monoisotopic (exact) mass is 363 g/mol. The van der Waals surface area contributed by atoms with Crippen LogP contribution >= 0.6 is 0 Å². The van der Waals surface area contributed by atoms with Gasteiger partial charge in [-0.15, -0.1) is 0 Å². The Labute approximate surface area is 155 Å². The number of fused-ring (bicyclic) bond motifs is 1. The van der Waals surface area contributed by atoms with Gasteiger partial charge in [0.25, 0.3) is 0 Å². The van der Waals surface area contributed by atoms with E-state index in [4.69, 9.17) is 9.47 Å². The van der Waals surface area contributed by atoms with Gasteiger partial charge in [-0.1, -0.05) is 20.3 Å². The first-order valence-electron chi connectivity index (χ1n) is 9.23. The van der Waals surface area contributed by atoms with Crippen LogP contribution in [0.2, 0.25) is 0 Å². The number of hydrogen-bond donors (Lipinski definition) is 2. The molecule has 0 saturated carbocycles. The lowest BCUT2D eigenvalue weighted by Crippen LogP contribution is -2.43. The minimum atomic E-state index is -0.169. The van der Waals surface area contributed by atoms with E-state index in [2.05, 4.69) is 17.6 Å². The number of hydrogen-bond acceptors (Lipinski definition) is 5. The van der Waals surface area contributed by atoms with E-state index >= 15 is 0 Å². The van der Waals surface area contributed by atoms with Gasteiger partial charge in [-0.25, -0.2) is 0 Å². The molecule has 144 valence electrons. The van der Waals surface area contributed by atoms with Gasteiger partial charge in [-0.3, -0.25) is 14.5 Å². The Balaban J connectivity index is 1.84. The summed E-state index contributed by atoms with van der Waals surface area (Å²) in [5, 5.41) is 5.80. The first-order valence-corrected chi connectivity index (χ1v) is 9.23. The number of amides is 2. The second-order valence-corrected chi connectivity index (χ2v) is 6.47. The van der Waals surface area contributed by atoms with E-state index in [0.717, 1.165) is 12.8 Å². The molecule has 0 aliphatic carbocycles. The topological polar surface area (TPSA) is 79.9 Å². The molecule has 1 aromatic rings. The predicted octanol–water partition coefficient (Wildman–Crippen LogP) is 2.02. The maximum Gasteiger partial charge on any atom is 0.238 e. The van der Waals surface area contributed by atoms with Crippen molar-refractivity contribution in [2.45, 2.75) is 39.7 Å². The molecule has 2 amide bonds. The van der Waals surface area contributed by atoms with Crippen molar-refractivity contribution < 1.29 is 19.1 Å². The highest BCUT2D eigenvalue weighted by atomic mass is 16.6. The van der Waals surface area contributed by atoms with Gasteiger partial charge in [0, 0.05) is 17.8 Å². The standard InChI is InChI=1S/C19H29N3O4/c1-4-6-14(3)20-18(23)12-22(5-2)13-19(24)21-15-7-8-16-17(11-15)26-10-9-25-16/h7-8,11,14H,4-6,9-10,12-13H2,1-3H3,(H,20,23)(H,21,24). The molecule has 1 atom stereocenters. The quantitative estimate of drug-likeness (QED) is 0.702. The predicted molar refractivity (Wildman–Crippen MR) is 101 cm³/mol. The fraction of sp³-hybridized carbons (Fsp3) is 0.579. The molecule has 1 aromatic carbocycles. The molecule has 0 radical (unpaired) electrons. The summed E-state index contributed by atoms with van der Waals surface area (Å²) >= 11 is 0. The Hall–Kier alpha value is -2.28. The van der Waals surface area contributed by atoms with Gasteiger partial charge in [0.2, 0.25) is 11.8 Å². The number of ether oxygens (including phenoxy) is 2. The highest BCUT2D eigenvalue weighted by Crippen LogP contribution is 2.32. The van der Waals surface area contributed by atoms with Crippen LogP contribution in [0.1, 0.15) is 33.6 Å². The van der Waals surface area contributed by atoms with Crippen LogP contribution in [0, 0.1) is 0 Å². The highest BCUT2D eigenvalue weighted by Gasteiger charge is 2.16. The molecule has 2 rings (SSSR count). The van der Waals surface area contributed by atoms with Crippen LogP contribution in [0.5, 0.6) is 11.5 Å². The molecule has 1 aliphatic heterocycles. The number of nitrogens with one attached hydrogen (secondary N) is 2. The maximum absolute atomic E-state index is 12.3. The fourth-order valence-electron chi connectivity index (χ4n) is 2.83. The average molecular weight is 363 g/mol. The average Bonchev–Trinajstić information content (AvgIpc) is 2.61. The summed E-state index contributed by atoms with van der Waals surface area (Å²) in [5.41, 5.74) is 0.649. The Kier molecular flexibility index (Phi) is 7.72. The van der Waals surface area contributed by atoms with E-state index in [1.165, 1.54) is 0 Å². The third-order valence-electron chi connectivity index (χ3n) is 4.14. The summed E-state index contributed by atoms with van der Waals surface area (Å²) < 4.78 is 11.0. The molecule has 7 nitrogen and oxygen atoms in total. The normalized spacial score (nSPS) is 14.0. The molecule has 0 bridgehead atoms. The third-order valence-corrected chi connectivity index (χ3v) is 4.14. The molecule has 7 heteroatoms. The molecule has 26 heavy (non-hydrogen) atoms. The van der Waals surface area contributed by atoms with Gasteiger partial charge in [0.1, 0.15) is 13.2 Å². The van der Waals surface area contributed by atoms with Crippen molar-refractivity contribution in [2.75, 3.05) is 38.2 Å². The maximum atomic E-state index is 12.3. The summed E-state index contributed by atoms with van der Waals surface area (Å²) in [5.74, 6) is 1.09. The molecule has 1 aliphatic rings. The second-order valence-electron chi connectivity index (χ2n) is 6.47. The van der Waals surface area contributed by atoms with E-state index in [1.54, 1.807) is 23.1 Å². The summed E-state index contributed by atoms with van der Waals surface area (Å²) in [7, 11) is 0. The van der Waals surface area contributed by atoms with Crippen LogP contribution in [0.3, 0.4) is 0 Å². The Morgan fingerprint density at radius 2 is 1.81 bits per heavy atom.